The van der Waals surface area contributed by atoms with Gasteiger partial charge in [0.25, 0.3) is 0 Å². The van der Waals surface area contributed by atoms with Crippen LogP contribution in [0, 0.1) is 0 Å². The number of hydrogen-bond donors (Lipinski definition) is 0. The van der Waals surface area contributed by atoms with Gasteiger partial charge in [-0.3, -0.25) is 0 Å². The molecule has 3 heteroatoms. The molecule has 0 spiro atoms. The molecule has 20 heavy (non-hydrogen) atoms. The largest absolute Gasteiger partial charge is 0.171 e. The SMILES string of the molecule is ClC[Si](Cl)(CCc1ccccc1)CCc1ccccc1. The molecule has 0 fully saturated rings. The Hall–Kier alpha value is -0.763. The van der Waals surface area contributed by atoms with Crippen molar-refractivity contribution >= 4 is 30.1 Å². The van der Waals surface area contributed by atoms with E-state index in [-0.39, 0.29) is 0 Å². The van der Waals surface area contributed by atoms with Crippen LogP contribution >= 0.6 is 22.7 Å². The normalized spacial score (nSPS) is 11.5. The standard InChI is InChI=1S/C17H20Cl2Si/c18-15-20(19,13-11-16-7-3-1-4-8-16)14-12-17-9-5-2-6-10-17/h1-10H,11-15H2. The molecule has 2 aromatic rings. The number of hydrogen-bond acceptors (Lipinski definition) is 0. The zero-order valence-electron chi connectivity index (χ0n) is 11.6. The molecular weight excluding hydrogens is 303 g/mol. The quantitative estimate of drug-likeness (QED) is 0.362. The fourth-order valence-corrected chi connectivity index (χ4v) is 5.64. The highest BCUT2D eigenvalue weighted by atomic mass is 35.6. The Labute approximate surface area is 132 Å². The van der Waals surface area contributed by atoms with E-state index in [1.165, 1.54) is 11.1 Å². The first-order chi connectivity index (χ1) is 9.72. The Morgan fingerprint density at radius 1 is 0.700 bits per heavy atom. The second-order valence-electron chi connectivity index (χ2n) is 5.26. The van der Waals surface area contributed by atoms with Gasteiger partial charge in [-0.1, -0.05) is 60.7 Å². The minimum absolute atomic E-state index is 0.633. The van der Waals surface area contributed by atoms with Crippen LogP contribution in [0.2, 0.25) is 12.1 Å². The molecular formula is C17H20Cl2Si. The summed E-state index contributed by atoms with van der Waals surface area (Å²) in [7, 11) is -1.85. The van der Waals surface area contributed by atoms with Crippen LogP contribution < -0.4 is 0 Å². The van der Waals surface area contributed by atoms with Gasteiger partial charge >= 0.3 is 0 Å². The molecule has 0 amide bonds. The molecule has 0 heterocycles. The first-order valence-electron chi connectivity index (χ1n) is 7.05. The van der Waals surface area contributed by atoms with E-state index in [1.54, 1.807) is 0 Å². The van der Waals surface area contributed by atoms with Crippen LogP contribution in [0.25, 0.3) is 0 Å². The van der Waals surface area contributed by atoms with E-state index in [0.717, 1.165) is 24.9 Å². The van der Waals surface area contributed by atoms with Crippen molar-refractivity contribution in [2.24, 2.45) is 0 Å². The number of alkyl halides is 1. The summed E-state index contributed by atoms with van der Waals surface area (Å²) < 4.78 is 0. The van der Waals surface area contributed by atoms with E-state index >= 15 is 0 Å². The zero-order chi connectivity index (χ0) is 14.3. The maximum atomic E-state index is 6.83. The maximum Gasteiger partial charge on any atom is 0.171 e. The van der Waals surface area contributed by atoms with E-state index < -0.39 is 7.38 Å². The van der Waals surface area contributed by atoms with Crippen LogP contribution in [0.4, 0.5) is 0 Å². The number of benzene rings is 2. The van der Waals surface area contributed by atoms with Crippen molar-refractivity contribution in [3.63, 3.8) is 0 Å². The van der Waals surface area contributed by atoms with Gasteiger partial charge in [0.15, 0.2) is 7.38 Å². The summed E-state index contributed by atoms with van der Waals surface area (Å²) in [6, 6.07) is 23.2. The molecule has 0 radical (unpaired) electrons. The van der Waals surface area contributed by atoms with Gasteiger partial charge in [0, 0.05) is 5.50 Å². The molecule has 106 valence electrons. The minimum atomic E-state index is -1.85. The van der Waals surface area contributed by atoms with E-state index in [1.807, 2.05) is 12.1 Å². The van der Waals surface area contributed by atoms with Crippen LogP contribution in [0.3, 0.4) is 0 Å². The molecule has 0 unspecified atom stereocenters. The average molecular weight is 323 g/mol. The lowest BCUT2D eigenvalue weighted by molar-refractivity contribution is 1.04. The third-order valence-electron chi connectivity index (χ3n) is 3.65. The fraction of sp³-hybridized carbons (Fsp3) is 0.294. The van der Waals surface area contributed by atoms with Gasteiger partial charge in [0.1, 0.15) is 0 Å². The Bertz CT molecular complexity index is 455. The summed E-state index contributed by atoms with van der Waals surface area (Å²) >= 11 is 13.0. The number of rotatable bonds is 7. The van der Waals surface area contributed by atoms with Crippen LogP contribution in [0.15, 0.2) is 60.7 Å². The Kier molecular flexibility index (Phi) is 6.15. The topological polar surface area (TPSA) is 0 Å². The highest BCUT2D eigenvalue weighted by Gasteiger charge is 2.29. The smallest absolute Gasteiger partial charge is 0.166 e. The van der Waals surface area contributed by atoms with E-state index in [0.29, 0.717) is 5.50 Å². The molecule has 2 aromatic carbocycles. The summed E-state index contributed by atoms with van der Waals surface area (Å²) in [5.74, 6) is 0. The van der Waals surface area contributed by atoms with Crippen molar-refractivity contribution in [1.82, 2.24) is 0 Å². The molecule has 0 nitrogen and oxygen atoms in total. The average Bonchev–Trinajstić information content (AvgIpc) is 2.53. The van der Waals surface area contributed by atoms with Crippen molar-refractivity contribution in [3.8, 4) is 0 Å². The van der Waals surface area contributed by atoms with Gasteiger partial charge in [-0.2, -0.15) is 11.1 Å². The fourth-order valence-electron chi connectivity index (χ4n) is 2.28. The summed E-state index contributed by atoms with van der Waals surface area (Å²) in [6.07, 6.45) is 2.08. The molecule has 0 saturated carbocycles. The summed E-state index contributed by atoms with van der Waals surface area (Å²) in [5, 5.41) is 0. The molecule has 0 saturated heterocycles. The highest BCUT2D eigenvalue weighted by Crippen LogP contribution is 2.26. The van der Waals surface area contributed by atoms with Crippen LogP contribution in [-0.4, -0.2) is 12.9 Å². The van der Waals surface area contributed by atoms with Crippen molar-refractivity contribution in [2.75, 3.05) is 5.50 Å². The van der Waals surface area contributed by atoms with Gasteiger partial charge in [-0.05, 0) is 36.1 Å². The summed E-state index contributed by atoms with van der Waals surface area (Å²) in [5.41, 5.74) is 3.35. The number of aryl methyl sites for hydroxylation is 2. The lowest BCUT2D eigenvalue weighted by atomic mass is 10.2. The molecule has 0 aromatic heterocycles. The van der Waals surface area contributed by atoms with E-state index in [4.69, 9.17) is 22.7 Å². The third kappa shape index (κ3) is 4.97. The van der Waals surface area contributed by atoms with Gasteiger partial charge in [0.2, 0.25) is 0 Å². The molecule has 0 N–H and O–H groups in total. The molecule has 2 rings (SSSR count). The first kappa shape index (κ1) is 15.6. The second-order valence-corrected chi connectivity index (χ2v) is 12.0. The Morgan fingerprint density at radius 3 is 1.45 bits per heavy atom. The van der Waals surface area contributed by atoms with Crippen molar-refractivity contribution < 1.29 is 0 Å². The lowest BCUT2D eigenvalue weighted by Crippen LogP contribution is -2.31. The van der Waals surface area contributed by atoms with Gasteiger partial charge < -0.3 is 0 Å². The predicted octanol–water partition coefficient (Wildman–Crippen LogP) is 5.43. The highest BCUT2D eigenvalue weighted by molar-refractivity contribution is 7.22. The second kappa shape index (κ2) is 7.87. The van der Waals surface area contributed by atoms with Crippen LogP contribution in [0.5, 0.6) is 0 Å². The van der Waals surface area contributed by atoms with Gasteiger partial charge in [-0.25, -0.2) is 0 Å². The van der Waals surface area contributed by atoms with Crippen molar-refractivity contribution in [3.05, 3.63) is 71.8 Å². The van der Waals surface area contributed by atoms with Gasteiger partial charge in [0.05, 0.1) is 0 Å². The predicted molar refractivity (Wildman–Crippen MR) is 92.2 cm³/mol. The van der Waals surface area contributed by atoms with Crippen LogP contribution in [-0.2, 0) is 12.8 Å². The van der Waals surface area contributed by atoms with Crippen molar-refractivity contribution in [1.29, 1.82) is 0 Å². The molecule has 0 aliphatic heterocycles. The molecule has 0 atom stereocenters. The molecule has 0 bridgehead atoms. The molecule has 0 aliphatic carbocycles. The van der Waals surface area contributed by atoms with E-state index in [2.05, 4.69) is 48.5 Å². The molecule has 0 aliphatic rings. The minimum Gasteiger partial charge on any atom is -0.166 e. The van der Waals surface area contributed by atoms with Crippen molar-refractivity contribution in [2.45, 2.75) is 24.9 Å². The zero-order valence-corrected chi connectivity index (χ0v) is 14.1. The van der Waals surface area contributed by atoms with Crippen LogP contribution in [0.1, 0.15) is 11.1 Å². The third-order valence-corrected chi connectivity index (χ3v) is 9.90. The van der Waals surface area contributed by atoms with E-state index in [9.17, 15) is 0 Å². The summed E-state index contributed by atoms with van der Waals surface area (Å²) in [6.45, 7) is 0. The lowest BCUT2D eigenvalue weighted by Gasteiger charge is -2.22. The number of halogens is 2. The summed E-state index contributed by atoms with van der Waals surface area (Å²) in [4.78, 5) is 0. The Balaban J connectivity index is 1.88. The maximum absolute atomic E-state index is 6.83. The van der Waals surface area contributed by atoms with Gasteiger partial charge in [-0.15, -0.1) is 11.6 Å². The first-order valence-corrected chi connectivity index (χ1v) is 11.2. The monoisotopic (exact) mass is 322 g/mol. The Morgan fingerprint density at radius 2 is 1.10 bits per heavy atom.